The van der Waals surface area contributed by atoms with Crippen molar-refractivity contribution in [3.63, 3.8) is 0 Å². The number of alkyl halides is 2. The van der Waals surface area contributed by atoms with E-state index >= 15 is 8.78 Å². The van der Waals surface area contributed by atoms with Crippen molar-refractivity contribution in [2.75, 3.05) is 6.26 Å². The Kier molecular flexibility index (Phi) is 5.42. The molecule has 0 amide bonds. The number of halogens is 2. The van der Waals surface area contributed by atoms with Crippen LogP contribution in [0.15, 0.2) is 52.0 Å². The maximum atomic E-state index is 15.1. The maximum absolute atomic E-state index is 15.1. The van der Waals surface area contributed by atoms with E-state index in [9.17, 15) is 9.90 Å². The van der Waals surface area contributed by atoms with Crippen molar-refractivity contribution in [1.29, 1.82) is 0 Å². The van der Waals surface area contributed by atoms with Gasteiger partial charge in [-0.25, -0.2) is 0 Å². The Morgan fingerprint density at radius 3 is 2.58 bits per heavy atom. The molecule has 0 saturated heterocycles. The van der Waals surface area contributed by atoms with Gasteiger partial charge in [-0.05, 0) is 97.5 Å². The fourth-order valence-corrected chi connectivity index (χ4v) is 7.84. The molecule has 1 aromatic carbocycles. The molecule has 4 aliphatic rings. The molecule has 4 aliphatic carbocycles. The lowest BCUT2D eigenvalue weighted by molar-refractivity contribution is -0.209. The average molecular weight is 469 g/mol. The zero-order valence-electron chi connectivity index (χ0n) is 19.2. The van der Waals surface area contributed by atoms with Gasteiger partial charge in [0.1, 0.15) is 5.60 Å². The first-order chi connectivity index (χ1) is 15.6. The van der Waals surface area contributed by atoms with E-state index in [-0.39, 0.29) is 30.0 Å². The smallest absolute Gasteiger partial charge is 0.336 e. The van der Waals surface area contributed by atoms with Crippen LogP contribution in [0, 0.1) is 29.6 Å². The zero-order valence-corrected chi connectivity index (χ0v) is 20.0. The molecule has 5 atom stereocenters. The summed E-state index contributed by atoms with van der Waals surface area (Å²) < 4.78 is 30.1. The molecule has 2 saturated carbocycles. The van der Waals surface area contributed by atoms with Crippen LogP contribution in [-0.2, 0) is 4.79 Å². The fraction of sp³-hybridized carbons (Fsp3) is 0.536. The standard InChI is InChI=1S/C28H30F2O2S/c1-4-28(29,30)27(32)14-13-24-22-11-7-18-15-19(31)8-12-21(18)25(22)23(16-26(24,27)2)17-5-9-20(33-3)10-6-17/h1,5-6,9-10,15,22-24,32H,7-8,11-14,16H2,2-3H3/t22?,23?,24?,26-,27-/m0/s1. The molecule has 5 heteroatoms. The van der Waals surface area contributed by atoms with Crippen LogP contribution in [0.25, 0.3) is 0 Å². The highest BCUT2D eigenvalue weighted by molar-refractivity contribution is 7.98. The summed E-state index contributed by atoms with van der Waals surface area (Å²) in [4.78, 5) is 13.3. The van der Waals surface area contributed by atoms with Crippen molar-refractivity contribution in [1.82, 2.24) is 0 Å². The van der Waals surface area contributed by atoms with Crippen molar-refractivity contribution in [2.24, 2.45) is 17.3 Å². The van der Waals surface area contributed by atoms with E-state index in [0.717, 1.165) is 35.3 Å². The fourth-order valence-electron chi connectivity index (χ4n) is 7.44. The summed E-state index contributed by atoms with van der Waals surface area (Å²) >= 11 is 1.67. The number of aliphatic hydroxyl groups is 1. The highest BCUT2D eigenvalue weighted by Gasteiger charge is 2.71. The molecule has 2 fully saturated rings. The van der Waals surface area contributed by atoms with E-state index in [0.29, 0.717) is 19.3 Å². The summed E-state index contributed by atoms with van der Waals surface area (Å²) in [5.74, 6) is -1.77. The Hall–Kier alpha value is -1.90. The normalized spacial score (nSPS) is 35.9. The van der Waals surface area contributed by atoms with Crippen LogP contribution >= 0.6 is 11.8 Å². The predicted octanol–water partition coefficient (Wildman–Crippen LogP) is 6.31. The van der Waals surface area contributed by atoms with Crippen LogP contribution in [0.2, 0.25) is 0 Å². The number of fused-ring (bicyclic) bond motifs is 4. The Balaban J connectivity index is 1.69. The summed E-state index contributed by atoms with van der Waals surface area (Å²) in [6, 6.07) is 8.36. The monoisotopic (exact) mass is 468 g/mol. The van der Waals surface area contributed by atoms with E-state index in [1.807, 2.05) is 13.2 Å². The minimum atomic E-state index is -3.58. The maximum Gasteiger partial charge on any atom is 0.336 e. The highest BCUT2D eigenvalue weighted by Crippen LogP contribution is 2.69. The minimum absolute atomic E-state index is 0.0177. The molecule has 0 aromatic heterocycles. The number of carbonyl (C=O) groups is 1. The van der Waals surface area contributed by atoms with Crippen molar-refractivity contribution in [3.05, 3.63) is 52.6 Å². The molecule has 1 N–H and O–H groups in total. The molecule has 2 nitrogen and oxygen atoms in total. The first kappa shape index (κ1) is 22.9. The van der Waals surface area contributed by atoms with Gasteiger partial charge in [0, 0.05) is 22.6 Å². The Morgan fingerprint density at radius 2 is 1.91 bits per heavy atom. The number of terminal acetylenes is 1. The van der Waals surface area contributed by atoms with Gasteiger partial charge >= 0.3 is 5.92 Å². The van der Waals surface area contributed by atoms with Gasteiger partial charge in [0.25, 0.3) is 0 Å². The summed E-state index contributed by atoms with van der Waals surface area (Å²) in [6.45, 7) is 1.84. The molecule has 5 rings (SSSR count). The molecule has 1 aromatic rings. The average Bonchev–Trinajstić information content (AvgIpc) is 3.10. The molecule has 0 bridgehead atoms. The number of hydrogen-bond acceptors (Lipinski definition) is 3. The van der Waals surface area contributed by atoms with Gasteiger partial charge in [0.2, 0.25) is 0 Å². The van der Waals surface area contributed by atoms with E-state index in [1.54, 1.807) is 23.8 Å². The number of benzene rings is 1. The minimum Gasteiger partial charge on any atom is -0.382 e. The molecule has 0 aliphatic heterocycles. The quantitative estimate of drug-likeness (QED) is 0.417. The largest absolute Gasteiger partial charge is 0.382 e. The Labute approximate surface area is 198 Å². The van der Waals surface area contributed by atoms with Crippen LogP contribution in [0.5, 0.6) is 0 Å². The highest BCUT2D eigenvalue weighted by atomic mass is 32.2. The van der Waals surface area contributed by atoms with Gasteiger partial charge in [0.05, 0.1) is 0 Å². The third-order valence-corrected chi connectivity index (χ3v) is 9.85. The van der Waals surface area contributed by atoms with Crippen molar-refractivity contribution in [3.8, 4) is 12.3 Å². The molecule has 33 heavy (non-hydrogen) atoms. The number of hydrogen-bond donors (Lipinski definition) is 1. The second kappa shape index (κ2) is 7.82. The molecule has 0 radical (unpaired) electrons. The Morgan fingerprint density at radius 1 is 1.18 bits per heavy atom. The van der Waals surface area contributed by atoms with E-state index in [4.69, 9.17) is 6.42 Å². The van der Waals surface area contributed by atoms with Crippen LogP contribution in [-0.4, -0.2) is 28.7 Å². The third-order valence-electron chi connectivity index (χ3n) is 9.11. The summed E-state index contributed by atoms with van der Waals surface area (Å²) in [5.41, 5.74) is 1.61. The van der Waals surface area contributed by atoms with E-state index in [2.05, 4.69) is 24.3 Å². The van der Waals surface area contributed by atoms with Crippen molar-refractivity contribution >= 4 is 17.5 Å². The van der Waals surface area contributed by atoms with Gasteiger partial charge in [-0.1, -0.05) is 24.6 Å². The SMILES string of the molecule is C#CC(F)(F)[C@]1(O)CCC2C3CCC4=CC(=O)CCC4=C3C(c3ccc(SC)cc3)C[C@@]21C. The topological polar surface area (TPSA) is 37.3 Å². The summed E-state index contributed by atoms with van der Waals surface area (Å²) in [6.07, 6.45) is 12.9. The number of ketones is 1. The molecular weight excluding hydrogens is 438 g/mol. The van der Waals surface area contributed by atoms with Crippen LogP contribution in [0.3, 0.4) is 0 Å². The zero-order chi connectivity index (χ0) is 23.6. The van der Waals surface area contributed by atoms with Crippen LogP contribution in [0.4, 0.5) is 8.78 Å². The molecule has 0 heterocycles. The molecular formula is C28H30F2O2S. The van der Waals surface area contributed by atoms with Crippen molar-refractivity contribution in [2.45, 2.75) is 74.2 Å². The van der Waals surface area contributed by atoms with E-state index < -0.39 is 16.9 Å². The van der Waals surface area contributed by atoms with Crippen LogP contribution < -0.4 is 0 Å². The second-order valence-electron chi connectivity index (χ2n) is 10.4. The molecule has 0 spiro atoms. The van der Waals surface area contributed by atoms with Gasteiger partial charge in [-0.15, -0.1) is 18.2 Å². The lowest BCUT2D eigenvalue weighted by Crippen LogP contribution is -2.59. The van der Waals surface area contributed by atoms with Crippen molar-refractivity contribution < 1.29 is 18.7 Å². The summed E-state index contributed by atoms with van der Waals surface area (Å²) in [7, 11) is 0. The van der Waals surface area contributed by atoms with Gasteiger partial charge in [-0.3, -0.25) is 4.79 Å². The predicted molar refractivity (Wildman–Crippen MR) is 127 cm³/mol. The second-order valence-corrected chi connectivity index (χ2v) is 11.3. The third kappa shape index (κ3) is 3.21. The van der Waals surface area contributed by atoms with Gasteiger partial charge < -0.3 is 5.11 Å². The molecule has 3 unspecified atom stereocenters. The first-order valence-electron chi connectivity index (χ1n) is 11.8. The number of carbonyl (C=O) groups excluding carboxylic acids is 1. The van der Waals surface area contributed by atoms with Crippen LogP contribution in [0.1, 0.15) is 63.4 Å². The molecule has 174 valence electrons. The summed E-state index contributed by atoms with van der Waals surface area (Å²) in [5, 5.41) is 11.5. The Bertz CT molecular complexity index is 1100. The van der Waals surface area contributed by atoms with E-state index in [1.165, 1.54) is 11.1 Å². The van der Waals surface area contributed by atoms with Gasteiger partial charge in [-0.2, -0.15) is 8.78 Å². The number of rotatable bonds is 3. The lowest BCUT2D eigenvalue weighted by atomic mass is 9.50. The lowest BCUT2D eigenvalue weighted by Gasteiger charge is -2.55. The number of thioether (sulfide) groups is 1. The van der Waals surface area contributed by atoms with Gasteiger partial charge in [0.15, 0.2) is 5.78 Å². The number of allylic oxidation sites excluding steroid dienone is 4. The first-order valence-corrected chi connectivity index (χ1v) is 13.1.